The highest BCUT2D eigenvalue weighted by Gasteiger charge is 2.57. The fourth-order valence-corrected chi connectivity index (χ4v) is 5.52. The van der Waals surface area contributed by atoms with Gasteiger partial charge in [0.1, 0.15) is 17.9 Å². The van der Waals surface area contributed by atoms with Crippen molar-refractivity contribution in [3.05, 3.63) is 54.1 Å². The van der Waals surface area contributed by atoms with Gasteiger partial charge in [0.2, 0.25) is 0 Å². The number of ether oxygens (including phenoxy) is 1. The highest BCUT2D eigenvalue weighted by atomic mass is 16.6. The molecule has 0 amide bonds. The predicted octanol–water partition coefficient (Wildman–Crippen LogP) is 1.01. The van der Waals surface area contributed by atoms with E-state index in [1.807, 2.05) is 0 Å². The van der Waals surface area contributed by atoms with Gasteiger partial charge in [0, 0.05) is 18.4 Å². The Morgan fingerprint density at radius 2 is 1.91 bits per heavy atom. The number of carboxylic acid groups (broad SMARTS) is 1. The molecule has 0 radical (unpaired) electrons. The number of phenolic OH excluding ortho intramolecular Hbond substituents is 1. The van der Waals surface area contributed by atoms with Gasteiger partial charge >= 0.3 is 11.9 Å². The van der Waals surface area contributed by atoms with Gasteiger partial charge in [-0.1, -0.05) is 30.9 Å². The van der Waals surface area contributed by atoms with Crippen LogP contribution >= 0.6 is 0 Å². The third-order valence-electron chi connectivity index (χ3n) is 7.22. The summed E-state index contributed by atoms with van der Waals surface area (Å²) in [6.45, 7) is 8.13. The number of carbonyl (C=O) groups is 2. The molecular formula is C24H29NO7. The molecule has 2 aliphatic carbocycles. The summed E-state index contributed by atoms with van der Waals surface area (Å²) in [5.41, 5.74) is 2.13. The molecule has 0 spiro atoms. The number of aliphatic hydroxyl groups is 2. The summed E-state index contributed by atoms with van der Waals surface area (Å²) in [4.78, 5) is 24.6. The van der Waals surface area contributed by atoms with E-state index in [1.54, 1.807) is 12.1 Å². The van der Waals surface area contributed by atoms with Gasteiger partial charge < -0.3 is 30.5 Å². The number of aliphatic hydroxyl groups excluding tert-OH is 2. The molecule has 8 nitrogen and oxygen atoms in total. The summed E-state index contributed by atoms with van der Waals surface area (Å²) in [5.74, 6) is -3.15. The van der Waals surface area contributed by atoms with Gasteiger partial charge in [0.05, 0.1) is 18.1 Å². The average molecular weight is 443 g/mol. The summed E-state index contributed by atoms with van der Waals surface area (Å²) in [5, 5.41) is 43.2. The van der Waals surface area contributed by atoms with Crippen LogP contribution in [0.5, 0.6) is 5.75 Å². The van der Waals surface area contributed by atoms with Crippen molar-refractivity contribution in [1.82, 2.24) is 5.32 Å². The number of hydrogen-bond acceptors (Lipinski definition) is 7. The van der Waals surface area contributed by atoms with Crippen molar-refractivity contribution < 1.29 is 34.8 Å². The molecule has 0 aromatic heterocycles. The Morgan fingerprint density at radius 3 is 2.56 bits per heavy atom. The van der Waals surface area contributed by atoms with E-state index in [-0.39, 0.29) is 30.6 Å². The lowest BCUT2D eigenvalue weighted by Gasteiger charge is -2.28. The molecule has 3 aliphatic rings. The fourth-order valence-electron chi connectivity index (χ4n) is 5.52. The van der Waals surface area contributed by atoms with Gasteiger partial charge in [0.15, 0.2) is 0 Å². The Kier molecular flexibility index (Phi) is 6.11. The van der Waals surface area contributed by atoms with Crippen LogP contribution in [0.25, 0.3) is 0 Å². The van der Waals surface area contributed by atoms with Gasteiger partial charge in [-0.3, -0.25) is 9.59 Å². The van der Waals surface area contributed by atoms with Crippen LogP contribution in [-0.2, 0) is 20.7 Å². The lowest BCUT2D eigenvalue weighted by Crippen LogP contribution is -2.45. The minimum absolute atomic E-state index is 0.0327. The maximum absolute atomic E-state index is 12.8. The first kappa shape index (κ1) is 22.5. The summed E-state index contributed by atoms with van der Waals surface area (Å²) in [6.07, 6.45) is -1.27. The molecule has 1 saturated heterocycles. The maximum atomic E-state index is 12.8. The first-order valence-corrected chi connectivity index (χ1v) is 10.8. The number of fused-ring (bicyclic) bond motifs is 3. The van der Waals surface area contributed by atoms with Crippen LogP contribution in [0.1, 0.15) is 18.4 Å². The molecule has 8 heteroatoms. The van der Waals surface area contributed by atoms with Gasteiger partial charge in [0.25, 0.3) is 0 Å². The highest BCUT2D eigenvalue weighted by molar-refractivity contribution is 5.77. The largest absolute Gasteiger partial charge is 0.508 e. The number of benzene rings is 1. The van der Waals surface area contributed by atoms with E-state index in [9.17, 15) is 30.0 Å². The van der Waals surface area contributed by atoms with Crippen LogP contribution in [0.15, 0.2) is 48.6 Å². The van der Waals surface area contributed by atoms with E-state index in [4.69, 9.17) is 4.74 Å². The molecule has 1 aromatic carbocycles. The van der Waals surface area contributed by atoms with Crippen LogP contribution < -0.4 is 5.32 Å². The molecule has 1 aliphatic heterocycles. The molecule has 0 bridgehead atoms. The van der Waals surface area contributed by atoms with Crippen molar-refractivity contribution in [2.24, 2.45) is 23.7 Å². The molecule has 8 atom stereocenters. The lowest BCUT2D eigenvalue weighted by molar-refractivity contribution is -0.146. The SMILES string of the molecule is C=C1[C@@H]2[C@@H]3OC(=O)[C@@H](CN[C@@H](Cc4ccc(O)cc4)C(=O)O)[C@@H]3[C@@H](O)CC(=C)[C@@H]2C[C@@H]1O. The lowest BCUT2D eigenvalue weighted by atomic mass is 9.78. The first-order valence-electron chi connectivity index (χ1n) is 10.8. The Balaban J connectivity index is 1.51. The first-order chi connectivity index (χ1) is 15.2. The highest BCUT2D eigenvalue weighted by Crippen LogP contribution is 2.52. The van der Waals surface area contributed by atoms with Gasteiger partial charge in [-0.05, 0) is 48.4 Å². The van der Waals surface area contributed by atoms with Crippen LogP contribution in [0.2, 0.25) is 0 Å². The van der Waals surface area contributed by atoms with Crippen LogP contribution in [0.4, 0.5) is 0 Å². The smallest absolute Gasteiger partial charge is 0.321 e. The minimum atomic E-state index is -1.07. The average Bonchev–Trinajstić information content (AvgIpc) is 3.19. The summed E-state index contributed by atoms with van der Waals surface area (Å²) in [7, 11) is 0. The number of aliphatic carboxylic acids is 1. The molecule has 5 N–H and O–H groups in total. The van der Waals surface area contributed by atoms with Gasteiger partial charge in [-0.15, -0.1) is 0 Å². The molecule has 0 unspecified atom stereocenters. The van der Waals surface area contributed by atoms with E-state index < -0.39 is 48.1 Å². The second-order valence-corrected chi connectivity index (χ2v) is 9.14. The number of nitrogens with one attached hydrogen (secondary N) is 1. The molecule has 1 heterocycles. The zero-order valence-electron chi connectivity index (χ0n) is 17.7. The summed E-state index contributed by atoms with van der Waals surface area (Å²) < 4.78 is 5.71. The third-order valence-corrected chi connectivity index (χ3v) is 7.22. The van der Waals surface area contributed by atoms with Crippen molar-refractivity contribution in [2.45, 2.75) is 43.6 Å². The van der Waals surface area contributed by atoms with Crippen molar-refractivity contribution in [1.29, 1.82) is 0 Å². The number of rotatable bonds is 6. The zero-order chi connectivity index (χ0) is 23.2. The number of carboxylic acids is 1. The number of esters is 1. The molecular weight excluding hydrogens is 414 g/mol. The van der Waals surface area contributed by atoms with Gasteiger partial charge in [-0.2, -0.15) is 0 Å². The minimum Gasteiger partial charge on any atom is -0.508 e. The Morgan fingerprint density at radius 1 is 1.22 bits per heavy atom. The Bertz CT molecular complexity index is 927. The van der Waals surface area contributed by atoms with E-state index in [0.29, 0.717) is 18.4 Å². The van der Waals surface area contributed by atoms with Crippen LogP contribution in [0.3, 0.4) is 0 Å². The zero-order valence-corrected chi connectivity index (χ0v) is 17.7. The van der Waals surface area contributed by atoms with Crippen LogP contribution in [0, 0.1) is 23.7 Å². The quantitative estimate of drug-likeness (QED) is 0.325. The number of phenols is 1. The number of hydrogen-bond donors (Lipinski definition) is 5. The molecule has 32 heavy (non-hydrogen) atoms. The van der Waals surface area contributed by atoms with Crippen molar-refractivity contribution >= 4 is 11.9 Å². The molecule has 2 saturated carbocycles. The van der Waals surface area contributed by atoms with E-state index in [1.165, 1.54) is 12.1 Å². The van der Waals surface area contributed by atoms with Crippen molar-refractivity contribution in [2.75, 3.05) is 6.54 Å². The van der Waals surface area contributed by atoms with E-state index in [2.05, 4.69) is 18.5 Å². The number of carbonyl (C=O) groups excluding carboxylic acids is 1. The van der Waals surface area contributed by atoms with E-state index >= 15 is 0 Å². The molecule has 172 valence electrons. The molecule has 4 rings (SSSR count). The van der Waals surface area contributed by atoms with Crippen LogP contribution in [-0.4, -0.2) is 63.3 Å². The normalized spacial score (nSPS) is 35.1. The Hall–Kier alpha value is -2.68. The van der Waals surface area contributed by atoms with Crippen molar-refractivity contribution in [3.8, 4) is 5.75 Å². The van der Waals surface area contributed by atoms with Crippen molar-refractivity contribution in [3.63, 3.8) is 0 Å². The summed E-state index contributed by atoms with van der Waals surface area (Å²) >= 11 is 0. The topological polar surface area (TPSA) is 136 Å². The monoisotopic (exact) mass is 443 g/mol. The summed E-state index contributed by atoms with van der Waals surface area (Å²) in [6, 6.07) is 5.30. The second kappa shape index (κ2) is 8.69. The Labute approximate surface area is 186 Å². The van der Waals surface area contributed by atoms with E-state index in [0.717, 1.165) is 11.1 Å². The standard InChI is InChI=1S/C24H29NO7/c1-11-7-19(28)21-16(24(31)32-22(21)20-12(2)18(27)9-15(11)20)10-25-17(23(29)30)8-13-3-5-14(26)6-4-13/h3-6,15-22,25-28H,1-2,7-10H2,(H,29,30)/t15-,16-,17-,18-,19-,20-,21+,22-/m0/s1. The fraction of sp³-hybridized carbons (Fsp3) is 0.500. The van der Waals surface area contributed by atoms with Gasteiger partial charge in [-0.25, -0.2) is 0 Å². The molecule has 3 fully saturated rings. The third kappa shape index (κ3) is 4.05. The second-order valence-electron chi connectivity index (χ2n) is 9.14. The maximum Gasteiger partial charge on any atom is 0.321 e. The predicted molar refractivity (Wildman–Crippen MR) is 115 cm³/mol. The molecule has 1 aromatic rings. The number of aromatic hydroxyl groups is 1.